The molecule has 0 aromatic carbocycles. The zero-order valence-electron chi connectivity index (χ0n) is 12.5. The first-order valence-electron chi connectivity index (χ1n) is 6.96. The summed E-state index contributed by atoms with van der Waals surface area (Å²) in [6.07, 6.45) is 0.968. The van der Waals surface area contributed by atoms with Gasteiger partial charge in [-0.15, -0.1) is 0 Å². The van der Waals surface area contributed by atoms with E-state index in [0.29, 0.717) is 26.2 Å². The molecule has 1 N–H and O–H groups in total. The van der Waals surface area contributed by atoms with E-state index in [1.54, 1.807) is 23.6 Å². The average molecular weight is 284 g/mol. The van der Waals surface area contributed by atoms with Gasteiger partial charge >= 0.3 is 5.97 Å². The third kappa shape index (κ3) is 5.19. The number of carboxylic acid groups (broad SMARTS) is 1. The van der Waals surface area contributed by atoms with E-state index in [9.17, 15) is 14.4 Å². The van der Waals surface area contributed by atoms with E-state index in [0.717, 1.165) is 6.42 Å². The SMILES string of the molecule is CC(=O)N1CCCN(C(=O)CC(C)(C)CC(=O)O)CC1. The number of carboxylic acids is 1. The first kappa shape index (κ1) is 16.5. The molecule has 1 saturated heterocycles. The standard InChI is InChI=1S/C14H24N2O4/c1-11(17)15-5-4-6-16(8-7-15)12(18)9-14(2,3)10-13(19)20/h4-10H2,1-3H3,(H,19,20). The van der Waals surface area contributed by atoms with Gasteiger partial charge in [-0.1, -0.05) is 13.8 Å². The predicted octanol–water partition coefficient (Wildman–Crippen LogP) is 0.958. The van der Waals surface area contributed by atoms with Crippen LogP contribution in [0.4, 0.5) is 0 Å². The smallest absolute Gasteiger partial charge is 0.303 e. The van der Waals surface area contributed by atoms with Gasteiger partial charge < -0.3 is 14.9 Å². The maximum absolute atomic E-state index is 12.3. The minimum absolute atomic E-state index is 0.0217. The quantitative estimate of drug-likeness (QED) is 0.834. The van der Waals surface area contributed by atoms with E-state index < -0.39 is 11.4 Å². The molecule has 1 aliphatic rings. The third-order valence-electron chi connectivity index (χ3n) is 3.55. The number of amides is 2. The fraction of sp³-hybridized carbons (Fsp3) is 0.786. The van der Waals surface area contributed by atoms with Gasteiger partial charge in [0.25, 0.3) is 0 Å². The lowest BCUT2D eigenvalue weighted by Gasteiger charge is -2.27. The highest BCUT2D eigenvalue weighted by Crippen LogP contribution is 2.26. The van der Waals surface area contributed by atoms with Gasteiger partial charge in [0.05, 0.1) is 6.42 Å². The Hall–Kier alpha value is -1.59. The molecule has 0 bridgehead atoms. The molecule has 1 rings (SSSR count). The van der Waals surface area contributed by atoms with Crippen LogP contribution in [0.15, 0.2) is 0 Å². The summed E-state index contributed by atoms with van der Waals surface area (Å²) >= 11 is 0. The predicted molar refractivity (Wildman–Crippen MR) is 74.1 cm³/mol. The number of carbonyl (C=O) groups is 3. The Morgan fingerprint density at radius 3 is 2.10 bits per heavy atom. The summed E-state index contributed by atoms with van der Waals surface area (Å²) < 4.78 is 0. The zero-order chi connectivity index (χ0) is 15.3. The lowest BCUT2D eigenvalue weighted by Crippen LogP contribution is -2.38. The van der Waals surface area contributed by atoms with Crippen LogP contribution in [0.1, 0.15) is 40.0 Å². The molecule has 1 heterocycles. The summed E-state index contributed by atoms with van der Waals surface area (Å²) in [5.41, 5.74) is -0.546. The van der Waals surface area contributed by atoms with Crippen molar-refractivity contribution in [3.63, 3.8) is 0 Å². The molecular weight excluding hydrogens is 260 g/mol. The normalized spacial score (nSPS) is 16.8. The van der Waals surface area contributed by atoms with Crippen LogP contribution in [0.2, 0.25) is 0 Å². The second-order valence-electron chi connectivity index (χ2n) is 6.15. The molecule has 0 spiro atoms. The van der Waals surface area contributed by atoms with Gasteiger partial charge in [0.1, 0.15) is 0 Å². The summed E-state index contributed by atoms with van der Waals surface area (Å²) in [6, 6.07) is 0. The molecule has 0 atom stereocenters. The van der Waals surface area contributed by atoms with E-state index in [1.165, 1.54) is 6.92 Å². The van der Waals surface area contributed by atoms with Crippen LogP contribution in [-0.4, -0.2) is 58.9 Å². The van der Waals surface area contributed by atoms with Crippen LogP contribution in [0, 0.1) is 5.41 Å². The Bertz CT molecular complexity index is 393. The number of rotatable bonds is 4. The molecular formula is C14H24N2O4. The monoisotopic (exact) mass is 284 g/mol. The van der Waals surface area contributed by atoms with Crippen LogP contribution in [0.25, 0.3) is 0 Å². The molecule has 0 aromatic rings. The van der Waals surface area contributed by atoms with Crippen molar-refractivity contribution in [2.45, 2.75) is 40.0 Å². The molecule has 1 aliphatic heterocycles. The van der Waals surface area contributed by atoms with Crippen LogP contribution in [0.3, 0.4) is 0 Å². The van der Waals surface area contributed by atoms with Gasteiger partial charge in [-0.3, -0.25) is 14.4 Å². The molecule has 0 radical (unpaired) electrons. The van der Waals surface area contributed by atoms with E-state index >= 15 is 0 Å². The maximum Gasteiger partial charge on any atom is 0.303 e. The minimum Gasteiger partial charge on any atom is -0.481 e. The first-order valence-corrected chi connectivity index (χ1v) is 6.96. The second-order valence-corrected chi connectivity index (χ2v) is 6.15. The molecule has 0 aliphatic carbocycles. The molecule has 0 saturated carbocycles. The van der Waals surface area contributed by atoms with Crippen LogP contribution in [0.5, 0.6) is 0 Å². The topological polar surface area (TPSA) is 77.9 Å². The summed E-state index contributed by atoms with van der Waals surface area (Å²) in [6.45, 7) is 7.51. The van der Waals surface area contributed by atoms with Crippen molar-refractivity contribution in [3.05, 3.63) is 0 Å². The van der Waals surface area contributed by atoms with Gasteiger partial charge in [0.2, 0.25) is 11.8 Å². The number of aliphatic carboxylic acids is 1. The summed E-state index contributed by atoms with van der Waals surface area (Å²) in [5, 5.41) is 8.84. The Morgan fingerprint density at radius 1 is 1.00 bits per heavy atom. The van der Waals surface area contributed by atoms with Gasteiger partial charge in [-0.2, -0.15) is 0 Å². The fourth-order valence-corrected chi connectivity index (χ4v) is 2.47. The number of nitrogens with zero attached hydrogens (tertiary/aromatic N) is 2. The van der Waals surface area contributed by atoms with Crippen molar-refractivity contribution in [2.75, 3.05) is 26.2 Å². The third-order valence-corrected chi connectivity index (χ3v) is 3.55. The van der Waals surface area contributed by atoms with Crippen molar-refractivity contribution < 1.29 is 19.5 Å². The molecule has 6 heteroatoms. The minimum atomic E-state index is -0.888. The van der Waals surface area contributed by atoms with E-state index in [2.05, 4.69) is 0 Å². The molecule has 114 valence electrons. The molecule has 0 unspecified atom stereocenters. The largest absolute Gasteiger partial charge is 0.481 e. The van der Waals surface area contributed by atoms with Gasteiger partial charge in [0.15, 0.2) is 0 Å². The molecule has 6 nitrogen and oxygen atoms in total. The molecule has 0 aromatic heterocycles. The fourth-order valence-electron chi connectivity index (χ4n) is 2.47. The van der Waals surface area contributed by atoms with Crippen LogP contribution >= 0.6 is 0 Å². The van der Waals surface area contributed by atoms with Gasteiger partial charge in [-0.25, -0.2) is 0 Å². The molecule has 20 heavy (non-hydrogen) atoms. The molecule has 1 fully saturated rings. The Kier molecular flexibility index (Phi) is 5.53. The van der Waals surface area contributed by atoms with Crippen molar-refractivity contribution in [1.82, 2.24) is 9.80 Å². The van der Waals surface area contributed by atoms with Crippen molar-refractivity contribution in [2.24, 2.45) is 5.41 Å². The van der Waals surface area contributed by atoms with Crippen molar-refractivity contribution in [3.8, 4) is 0 Å². The zero-order valence-corrected chi connectivity index (χ0v) is 12.5. The highest BCUT2D eigenvalue weighted by atomic mass is 16.4. The second kappa shape index (κ2) is 6.72. The number of hydrogen-bond donors (Lipinski definition) is 1. The van der Waals surface area contributed by atoms with Crippen LogP contribution < -0.4 is 0 Å². The summed E-state index contributed by atoms with van der Waals surface area (Å²) in [5.74, 6) is -0.881. The average Bonchev–Trinajstić information content (AvgIpc) is 2.51. The van der Waals surface area contributed by atoms with Crippen molar-refractivity contribution in [1.29, 1.82) is 0 Å². The summed E-state index contributed by atoms with van der Waals surface area (Å²) in [7, 11) is 0. The number of carbonyl (C=O) groups excluding carboxylic acids is 2. The Balaban J connectivity index is 2.55. The van der Waals surface area contributed by atoms with Crippen molar-refractivity contribution >= 4 is 17.8 Å². The highest BCUT2D eigenvalue weighted by Gasteiger charge is 2.28. The van der Waals surface area contributed by atoms with Gasteiger partial charge in [0, 0.05) is 39.5 Å². The first-order chi connectivity index (χ1) is 9.21. The van der Waals surface area contributed by atoms with E-state index in [-0.39, 0.29) is 24.7 Å². The summed E-state index contributed by atoms with van der Waals surface area (Å²) in [4.78, 5) is 37.9. The highest BCUT2D eigenvalue weighted by molar-refractivity contribution is 5.78. The van der Waals surface area contributed by atoms with Crippen LogP contribution in [-0.2, 0) is 14.4 Å². The van der Waals surface area contributed by atoms with E-state index in [1.807, 2.05) is 0 Å². The van der Waals surface area contributed by atoms with E-state index in [4.69, 9.17) is 5.11 Å². The lowest BCUT2D eigenvalue weighted by atomic mass is 9.85. The van der Waals surface area contributed by atoms with Gasteiger partial charge in [-0.05, 0) is 11.8 Å². The lowest BCUT2D eigenvalue weighted by molar-refractivity contribution is -0.141. The number of hydrogen-bond acceptors (Lipinski definition) is 3. The Labute approximate surface area is 119 Å². The molecule has 2 amide bonds. The maximum atomic E-state index is 12.3. The Morgan fingerprint density at radius 2 is 1.55 bits per heavy atom.